The van der Waals surface area contributed by atoms with Crippen molar-refractivity contribution in [2.75, 3.05) is 5.73 Å². The van der Waals surface area contributed by atoms with Crippen molar-refractivity contribution in [3.05, 3.63) is 57.7 Å². The van der Waals surface area contributed by atoms with Gasteiger partial charge in [-0.2, -0.15) is 0 Å². The van der Waals surface area contributed by atoms with Crippen LogP contribution < -0.4 is 11.5 Å². The van der Waals surface area contributed by atoms with E-state index in [2.05, 4.69) is 4.98 Å². The zero-order chi connectivity index (χ0) is 13.4. The topological polar surface area (TPSA) is 74.0 Å². The van der Waals surface area contributed by atoms with Crippen LogP contribution in [0.5, 0.6) is 0 Å². The Hall–Kier alpha value is -2.27. The minimum absolute atomic E-state index is 0.338. The van der Waals surface area contributed by atoms with Crippen molar-refractivity contribution in [2.24, 2.45) is 0 Å². The predicted molar refractivity (Wildman–Crippen MR) is 73.2 cm³/mol. The molecule has 19 heavy (non-hydrogen) atoms. The van der Waals surface area contributed by atoms with E-state index in [0.29, 0.717) is 28.5 Å². The summed E-state index contributed by atoms with van der Waals surface area (Å²) in [5.41, 5.74) is 8.06. The molecule has 0 unspecified atom stereocenters. The summed E-state index contributed by atoms with van der Waals surface area (Å²) in [5, 5.41) is 0.492. The highest BCUT2D eigenvalue weighted by Gasteiger charge is 2.10. The number of pyridine rings is 1. The number of nitrogen functional groups attached to an aromatic ring is 1. The fourth-order valence-electron chi connectivity index (χ4n) is 1.91. The normalized spacial score (nSPS) is 11.0. The van der Waals surface area contributed by atoms with Gasteiger partial charge in [0.2, 0.25) is 0 Å². The first-order valence-corrected chi connectivity index (χ1v) is 6.01. The smallest absolute Gasteiger partial charge is 0.406 e. The van der Waals surface area contributed by atoms with Gasteiger partial charge in [0.05, 0.1) is 17.3 Å². The van der Waals surface area contributed by atoms with Crippen LogP contribution in [-0.2, 0) is 6.54 Å². The molecule has 2 heterocycles. The largest absolute Gasteiger partial charge is 0.421 e. The molecule has 0 spiro atoms. The monoisotopic (exact) mass is 275 g/mol. The van der Waals surface area contributed by atoms with Crippen LogP contribution in [0.3, 0.4) is 0 Å². The summed E-state index contributed by atoms with van der Waals surface area (Å²) >= 11 is 5.86. The number of hydrogen-bond donors (Lipinski definition) is 1. The maximum Gasteiger partial charge on any atom is 0.421 e. The van der Waals surface area contributed by atoms with E-state index in [1.165, 1.54) is 4.57 Å². The van der Waals surface area contributed by atoms with Gasteiger partial charge in [-0.05, 0) is 29.8 Å². The standard InChI is InChI=1S/C13H10ClN3O2/c14-9-4-3-8(6-10(9)15)7-17-12-11(19-13(17)18)2-1-5-16-12/h1-6H,7,15H2. The molecule has 2 aromatic heterocycles. The van der Waals surface area contributed by atoms with Gasteiger partial charge in [0.25, 0.3) is 0 Å². The van der Waals surface area contributed by atoms with Crippen LogP contribution in [0.4, 0.5) is 5.69 Å². The average Bonchev–Trinajstić information content (AvgIpc) is 2.71. The predicted octanol–water partition coefficient (Wildman–Crippen LogP) is 2.27. The van der Waals surface area contributed by atoms with Gasteiger partial charge in [-0.15, -0.1) is 0 Å². The molecule has 96 valence electrons. The maximum atomic E-state index is 11.8. The van der Waals surface area contributed by atoms with Crippen molar-refractivity contribution in [2.45, 2.75) is 6.54 Å². The highest BCUT2D eigenvalue weighted by Crippen LogP contribution is 2.20. The molecule has 5 nitrogen and oxygen atoms in total. The number of benzene rings is 1. The third kappa shape index (κ3) is 2.08. The highest BCUT2D eigenvalue weighted by atomic mass is 35.5. The Labute approximate surface area is 113 Å². The number of nitrogens with two attached hydrogens (primary N) is 1. The second-order valence-electron chi connectivity index (χ2n) is 4.14. The summed E-state index contributed by atoms with van der Waals surface area (Å²) in [7, 11) is 0. The molecule has 0 bridgehead atoms. The fraction of sp³-hybridized carbons (Fsp3) is 0.0769. The third-order valence-corrected chi connectivity index (χ3v) is 3.17. The van der Waals surface area contributed by atoms with Gasteiger partial charge in [0.1, 0.15) is 0 Å². The highest BCUT2D eigenvalue weighted by molar-refractivity contribution is 6.33. The summed E-state index contributed by atoms with van der Waals surface area (Å²) < 4.78 is 6.57. The van der Waals surface area contributed by atoms with Crippen LogP contribution in [0.1, 0.15) is 5.56 Å². The maximum absolute atomic E-state index is 11.8. The molecule has 0 fully saturated rings. The fourth-order valence-corrected chi connectivity index (χ4v) is 2.03. The van der Waals surface area contributed by atoms with Gasteiger partial charge in [-0.25, -0.2) is 9.78 Å². The Morgan fingerprint density at radius 2 is 2.21 bits per heavy atom. The number of anilines is 1. The Bertz CT molecular complexity index is 807. The van der Waals surface area contributed by atoms with Gasteiger partial charge in [-0.3, -0.25) is 4.57 Å². The lowest BCUT2D eigenvalue weighted by molar-refractivity contribution is 0.517. The van der Waals surface area contributed by atoms with Crippen LogP contribution in [-0.4, -0.2) is 9.55 Å². The zero-order valence-electron chi connectivity index (χ0n) is 9.84. The van der Waals surface area contributed by atoms with Gasteiger partial charge in [-0.1, -0.05) is 17.7 Å². The number of rotatable bonds is 2. The Morgan fingerprint density at radius 1 is 1.37 bits per heavy atom. The van der Waals surface area contributed by atoms with E-state index >= 15 is 0 Å². The molecule has 1 aromatic carbocycles. The van der Waals surface area contributed by atoms with E-state index in [-0.39, 0.29) is 0 Å². The van der Waals surface area contributed by atoms with Crippen LogP contribution in [0.25, 0.3) is 11.2 Å². The van der Waals surface area contributed by atoms with Crippen LogP contribution in [0.2, 0.25) is 5.02 Å². The summed E-state index contributed by atoms with van der Waals surface area (Å²) in [5.74, 6) is -0.442. The number of hydrogen-bond acceptors (Lipinski definition) is 4. The van der Waals surface area contributed by atoms with Crippen molar-refractivity contribution in [1.82, 2.24) is 9.55 Å². The molecule has 6 heteroatoms. The molecule has 3 rings (SSSR count). The summed E-state index contributed by atoms with van der Waals surface area (Å²) in [6.45, 7) is 0.338. The second kappa shape index (κ2) is 4.44. The van der Waals surface area contributed by atoms with Crippen molar-refractivity contribution in [1.29, 1.82) is 0 Å². The van der Waals surface area contributed by atoms with Crippen LogP contribution >= 0.6 is 11.6 Å². The SMILES string of the molecule is Nc1cc(Cn2c(=O)oc3cccnc32)ccc1Cl. The second-order valence-corrected chi connectivity index (χ2v) is 4.54. The molecule has 0 saturated carbocycles. The Kier molecular flexibility index (Phi) is 2.76. The lowest BCUT2D eigenvalue weighted by Crippen LogP contribution is -2.15. The first-order chi connectivity index (χ1) is 9.15. The summed E-state index contributed by atoms with van der Waals surface area (Å²) in [6, 6.07) is 8.67. The number of fused-ring (bicyclic) bond motifs is 1. The van der Waals surface area contributed by atoms with Crippen molar-refractivity contribution >= 4 is 28.5 Å². The molecule has 0 atom stereocenters. The number of nitrogens with zero attached hydrogens (tertiary/aromatic N) is 2. The van der Waals surface area contributed by atoms with Gasteiger partial charge in [0, 0.05) is 6.20 Å². The van der Waals surface area contributed by atoms with Crippen LogP contribution in [0.15, 0.2) is 45.7 Å². The summed E-state index contributed by atoms with van der Waals surface area (Å²) in [6.07, 6.45) is 1.62. The molecular weight excluding hydrogens is 266 g/mol. The minimum atomic E-state index is -0.442. The van der Waals surface area contributed by atoms with Gasteiger partial charge in [0.15, 0.2) is 11.2 Å². The molecule has 0 radical (unpaired) electrons. The lowest BCUT2D eigenvalue weighted by atomic mass is 10.2. The molecule has 0 saturated heterocycles. The lowest BCUT2D eigenvalue weighted by Gasteiger charge is -2.04. The van der Waals surface area contributed by atoms with E-state index < -0.39 is 5.76 Å². The third-order valence-electron chi connectivity index (χ3n) is 2.83. The summed E-state index contributed by atoms with van der Waals surface area (Å²) in [4.78, 5) is 15.9. The van der Waals surface area contributed by atoms with Crippen molar-refractivity contribution in [3.8, 4) is 0 Å². The molecule has 0 aliphatic carbocycles. The zero-order valence-corrected chi connectivity index (χ0v) is 10.6. The number of halogens is 1. The van der Waals surface area contributed by atoms with Crippen molar-refractivity contribution < 1.29 is 4.42 Å². The van der Waals surface area contributed by atoms with E-state index in [0.717, 1.165) is 5.56 Å². The van der Waals surface area contributed by atoms with E-state index in [1.807, 2.05) is 6.07 Å². The van der Waals surface area contributed by atoms with E-state index in [1.54, 1.807) is 30.5 Å². The molecule has 2 N–H and O–H groups in total. The Balaban J connectivity index is 2.08. The van der Waals surface area contributed by atoms with E-state index in [4.69, 9.17) is 21.8 Å². The molecular formula is C13H10ClN3O2. The Morgan fingerprint density at radius 3 is 3.00 bits per heavy atom. The van der Waals surface area contributed by atoms with E-state index in [9.17, 15) is 4.79 Å². The molecule has 3 aromatic rings. The quantitative estimate of drug-likeness (QED) is 0.728. The number of oxazole rings is 1. The van der Waals surface area contributed by atoms with Crippen molar-refractivity contribution in [3.63, 3.8) is 0 Å². The first kappa shape index (κ1) is 11.8. The van der Waals surface area contributed by atoms with Crippen LogP contribution in [0, 0.1) is 0 Å². The van der Waals surface area contributed by atoms with Gasteiger partial charge >= 0.3 is 5.76 Å². The average molecular weight is 276 g/mol. The number of aromatic nitrogens is 2. The first-order valence-electron chi connectivity index (χ1n) is 5.63. The van der Waals surface area contributed by atoms with Gasteiger partial charge < -0.3 is 10.2 Å². The minimum Gasteiger partial charge on any atom is -0.406 e. The molecule has 0 amide bonds. The molecule has 0 aliphatic heterocycles. The molecule has 0 aliphatic rings.